The highest BCUT2D eigenvalue weighted by atomic mass is 32.2. The fourth-order valence-electron chi connectivity index (χ4n) is 2.31. The zero-order chi connectivity index (χ0) is 19.2. The van der Waals surface area contributed by atoms with Gasteiger partial charge >= 0.3 is 0 Å². The molecule has 0 atom stereocenters. The second kappa shape index (κ2) is 8.52. The molecule has 0 aromatic heterocycles. The van der Waals surface area contributed by atoms with Gasteiger partial charge in [0.1, 0.15) is 5.75 Å². The number of ether oxygens (including phenoxy) is 1. The number of methoxy groups -OCH3 is 1. The van der Waals surface area contributed by atoms with Gasteiger partial charge in [-0.3, -0.25) is 4.79 Å². The van der Waals surface area contributed by atoms with E-state index in [1.165, 1.54) is 23.1 Å². The van der Waals surface area contributed by atoms with E-state index < -0.39 is 10.0 Å². The van der Waals surface area contributed by atoms with Gasteiger partial charge in [0.15, 0.2) is 0 Å². The number of hydrogen-bond acceptors (Lipinski definition) is 4. The monoisotopic (exact) mass is 372 g/mol. The highest BCUT2D eigenvalue weighted by molar-refractivity contribution is 7.89. The van der Waals surface area contributed by atoms with Crippen molar-refractivity contribution in [3.8, 4) is 18.1 Å². The molecule has 0 fully saturated rings. The molecule has 0 saturated carbocycles. The van der Waals surface area contributed by atoms with Crippen molar-refractivity contribution in [3.05, 3.63) is 59.7 Å². The quantitative estimate of drug-likeness (QED) is 0.753. The molecule has 0 spiro atoms. The summed E-state index contributed by atoms with van der Waals surface area (Å²) in [4.78, 5) is 14.1. The maximum Gasteiger partial charge on any atom is 0.253 e. The smallest absolute Gasteiger partial charge is 0.253 e. The molecule has 1 amide bonds. The van der Waals surface area contributed by atoms with Gasteiger partial charge in [0, 0.05) is 19.2 Å². The number of benzene rings is 2. The standard InChI is InChI=1S/C19H20N2O4S/c1-4-12-20-26(23,24)18-7-5-6-16(13-18)19(22)21(2)14-15-8-10-17(25-3)11-9-15/h1,5-11,13,20H,12,14H2,2-3H3. The van der Waals surface area contributed by atoms with Crippen LogP contribution < -0.4 is 9.46 Å². The number of carbonyl (C=O) groups excluding carboxylic acids is 1. The summed E-state index contributed by atoms with van der Waals surface area (Å²) in [5.74, 6) is 2.66. The van der Waals surface area contributed by atoms with E-state index in [1.807, 2.05) is 24.3 Å². The molecule has 0 bridgehead atoms. The first-order valence-corrected chi connectivity index (χ1v) is 9.27. The number of carbonyl (C=O) groups is 1. The Labute approximate surface area is 153 Å². The first-order chi connectivity index (χ1) is 12.4. The predicted molar refractivity (Wildman–Crippen MR) is 99.3 cm³/mol. The molecule has 0 heterocycles. The molecule has 0 aliphatic rings. The highest BCUT2D eigenvalue weighted by Crippen LogP contribution is 2.16. The minimum Gasteiger partial charge on any atom is -0.497 e. The van der Waals surface area contributed by atoms with Gasteiger partial charge in [-0.15, -0.1) is 6.42 Å². The van der Waals surface area contributed by atoms with Crippen LogP contribution in [0.25, 0.3) is 0 Å². The van der Waals surface area contributed by atoms with Crippen LogP contribution in [0.1, 0.15) is 15.9 Å². The summed E-state index contributed by atoms with van der Waals surface area (Å²) < 4.78 is 31.7. The number of nitrogens with zero attached hydrogens (tertiary/aromatic N) is 1. The Morgan fingerprint density at radius 1 is 1.23 bits per heavy atom. The molecule has 0 saturated heterocycles. The third-order valence-corrected chi connectivity index (χ3v) is 5.08. The second-order valence-corrected chi connectivity index (χ2v) is 7.33. The maximum atomic E-state index is 12.6. The van der Waals surface area contributed by atoms with Crippen LogP contribution in [0.5, 0.6) is 5.75 Å². The van der Waals surface area contributed by atoms with Crippen molar-refractivity contribution in [2.75, 3.05) is 20.7 Å². The van der Waals surface area contributed by atoms with E-state index in [9.17, 15) is 13.2 Å². The van der Waals surface area contributed by atoms with Gasteiger partial charge in [-0.05, 0) is 35.9 Å². The van der Waals surface area contributed by atoms with E-state index in [2.05, 4.69) is 10.6 Å². The summed E-state index contributed by atoms with van der Waals surface area (Å²) >= 11 is 0. The molecule has 2 aromatic rings. The van der Waals surface area contributed by atoms with Crippen LogP contribution in [-0.4, -0.2) is 39.9 Å². The van der Waals surface area contributed by atoms with Crippen LogP contribution in [0.3, 0.4) is 0 Å². The lowest BCUT2D eigenvalue weighted by atomic mass is 10.1. The summed E-state index contributed by atoms with van der Waals surface area (Å²) in [6, 6.07) is 13.2. The summed E-state index contributed by atoms with van der Waals surface area (Å²) in [5.41, 5.74) is 1.21. The Kier molecular flexibility index (Phi) is 6.39. The van der Waals surface area contributed by atoms with Crippen molar-refractivity contribution in [2.24, 2.45) is 0 Å². The van der Waals surface area contributed by atoms with Crippen molar-refractivity contribution in [3.63, 3.8) is 0 Å². The van der Waals surface area contributed by atoms with Gasteiger partial charge in [-0.2, -0.15) is 4.72 Å². The van der Waals surface area contributed by atoms with Gasteiger partial charge < -0.3 is 9.64 Å². The summed E-state index contributed by atoms with van der Waals surface area (Å²) in [5, 5.41) is 0. The molecule has 2 rings (SSSR count). The Balaban J connectivity index is 2.15. The zero-order valence-corrected chi connectivity index (χ0v) is 15.4. The lowest BCUT2D eigenvalue weighted by Crippen LogP contribution is -2.27. The zero-order valence-electron chi connectivity index (χ0n) is 14.6. The Bertz CT molecular complexity index is 915. The van der Waals surface area contributed by atoms with Crippen LogP contribution in [0.4, 0.5) is 0 Å². The van der Waals surface area contributed by atoms with E-state index in [0.29, 0.717) is 6.54 Å². The number of terminal acetylenes is 1. The third-order valence-electron chi connectivity index (χ3n) is 3.68. The maximum absolute atomic E-state index is 12.6. The largest absolute Gasteiger partial charge is 0.497 e. The molecular weight excluding hydrogens is 352 g/mol. The third kappa shape index (κ3) is 4.85. The first-order valence-electron chi connectivity index (χ1n) is 7.79. The van der Waals surface area contributed by atoms with Crippen LogP contribution in [-0.2, 0) is 16.6 Å². The number of hydrogen-bond donors (Lipinski definition) is 1. The molecule has 0 radical (unpaired) electrons. The van der Waals surface area contributed by atoms with E-state index in [0.717, 1.165) is 11.3 Å². The van der Waals surface area contributed by atoms with Gasteiger partial charge in [-0.1, -0.05) is 24.1 Å². The van der Waals surface area contributed by atoms with Crippen molar-refractivity contribution < 1.29 is 17.9 Å². The van der Waals surface area contributed by atoms with Crippen LogP contribution >= 0.6 is 0 Å². The van der Waals surface area contributed by atoms with Crippen molar-refractivity contribution >= 4 is 15.9 Å². The van der Waals surface area contributed by atoms with Crippen molar-refractivity contribution in [2.45, 2.75) is 11.4 Å². The van der Waals surface area contributed by atoms with E-state index in [-0.39, 0.29) is 22.9 Å². The van der Waals surface area contributed by atoms with Gasteiger partial charge in [0.25, 0.3) is 5.91 Å². The second-order valence-electron chi connectivity index (χ2n) is 5.57. The molecule has 136 valence electrons. The van der Waals surface area contributed by atoms with Gasteiger partial charge in [-0.25, -0.2) is 8.42 Å². The molecule has 1 N–H and O–H groups in total. The fraction of sp³-hybridized carbons (Fsp3) is 0.211. The molecule has 26 heavy (non-hydrogen) atoms. The fourth-order valence-corrected chi connectivity index (χ4v) is 3.29. The molecule has 0 aliphatic carbocycles. The SMILES string of the molecule is C#CCNS(=O)(=O)c1cccc(C(=O)N(C)Cc2ccc(OC)cc2)c1. The van der Waals surface area contributed by atoms with Crippen LogP contribution in [0, 0.1) is 12.3 Å². The molecule has 0 aliphatic heterocycles. The van der Waals surface area contributed by atoms with Crippen molar-refractivity contribution in [1.29, 1.82) is 0 Å². The highest BCUT2D eigenvalue weighted by Gasteiger charge is 2.17. The average Bonchev–Trinajstić information content (AvgIpc) is 2.66. The van der Waals surface area contributed by atoms with Crippen LogP contribution in [0.15, 0.2) is 53.4 Å². The summed E-state index contributed by atoms with van der Waals surface area (Å²) in [6.45, 7) is 0.271. The minimum absolute atomic E-state index is 0.00329. The minimum atomic E-state index is -3.75. The number of sulfonamides is 1. The molecular formula is C19H20N2O4S. The lowest BCUT2D eigenvalue weighted by Gasteiger charge is -2.18. The number of amides is 1. The molecule has 2 aromatic carbocycles. The lowest BCUT2D eigenvalue weighted by molar-refractivity contribution is 0.0785. The number of rotatable bonds is 7. The van der Waals surface area contributed by atoms with Crippen LogP contribution in [0.2, 0.25) is 0 Å². The van der Waals surface area contributed by atoms with E-state index >= 15 is 0 Å². The normalized spacial score (nSPS) is 10.8. The predicted octanol–water partition coefficient (Wildman–Crippen LogP) is 1.88. The first kappa shape index (κ1) is 19.5. The summed E-state index contributed by atoms with van der Waals surface area (Å²) in [7, 11) is -0.503. The molecule has 6 nitrogen and oxygen atoms in total. The summed E-state index contributed by atoms with van der Waals surface area (Å²) in [6.07, 6.45) is 5.08. The molecule has 7 heteroatoms. The molecule has 0 unspecified atom stereocenters. The topological polar surface area (TPSA) is 75.7 Å². The van der Waals surface area contributed by atoms with Gasteiger partial charge in [0.2, 0.25) is 10.0 Å². The number of nitrogens with one attached hydrogen (secondary N) is 1. The van der Waals surface area contributed by atoms with E-state index in [1.54, 1.807) is 20.2 Å². The Hall–Kier alpha value is -2.82. The average molecular weight is 372 g/mol. The Morgan fingerprint density at radius 3 is 2.54 bits per heavy atom. The van der Waals surface area contributed by atoms with Gasteiger partial charge in [0.05, 0.1) is 18.6 Å². The van der Waals surface area contributed by atoms with E-state index in [4.69, 9.17) is 11.2 Å². The Morgan fingerprint density at radius 2 is 1.92 bits per heavy atom. The van der Waals surface area contributed by atoms with Crippen molar-refractivity contribution in [1.82, 2.24) is 9.62 Å².